The number of thiocarbonyl (C=S) groups is 1. The highest BCUT2D eigenvalue weighted by molar-refractivity contribution is 7.80. The lowest BCUT2D eigenvalue weighted by Crippen LogP contribution is -2.14. The summed E-state index contributed by atoms with van der Waals surface area (Å²) in [6.07, 6.45) is -2.42. The molecule has 0 heterocycles. The van der Waals surface area contributed by atoms with Crippen molar-refractivity contribution >= 4 is 22.9 Å². The second-order valence-corrected chi connectivity index (χ2v) is 4.23. The molecule has 3 nitrogen and oxygen atoms in total. The van der Waals surface area contributed by atoms with Crippen LogP contribution < -0.4 is 11.1 Å². The second kappa shape index (κ2) is 7.23. The van der Waals surface area contributed by atoms with Crippen molar-refractivity contribution in [1.29, 1.82) is 0 Å². The van der Waals surface area contributed by atoms with E-state index in [2.05, 4.69) is 5.32 Å². The Balaban J connectivity index is 2.39. The Morgan fingerprint density at radius 1 is 1.50 bits per heavy atom. The molecular weight excluding hydrogens is 258 g/mol. The van der Waals surface area contributed by atoms with E-state index in [-0.39, 0.29) is 6.61 Å². The first-order chi connectivity index (χ1) is 8.50. The number of anilines is 1. The number of benzene rings is 1. The molecule has 0 saturated carbocycles. The third kappa shape index (κ3) is 4.93. The zero-order valence-electron chi connectivity index (χ0n) is 10.1. The quantitative estimate of drug-likeness (QED) is 0.592. The predicted molar refractivity (Wildman–Crippen MR) is 72.4 cm³/mol. The molecule has 0 atom stereocenters. The van der Waals surface area contributed by atoms with E-state index in [1.807, 2.05) is 25.1 Å². The second-order valence-electron chi connectivity index (χ2n) is 3.79. The molecule has 0 aliphatic carbocycles. The topological polar surface area (TPSA) is 47.3 Å². The van der Waals surface area contributed by atoms with Gasteiger partial charge >= 0.3 is 0 Å². The number of halogens is 2. The minimum atomic E-state index is -2.42. The van der Waals surface area contributed by atoms with Crippen molar-refractivity contribution in [3.63, 3.8) is 0 Å². The van der Waals surface area contributed by atoms with E-state index in [1.54, 1.807) is 0 Å². The van der Waals surface area contributed by atoms with Crippen LogP contribution in [0, 0.1) is 6.92 Å². The van der Waals surface area contributed by atoms with Crippen LogP contribution in [-0.4, -0.2) is 31.2 Å². The first kappa shape index (κ1) is 14.8. The van der Waals surface area contributed by atoms with Gasteiger partial charge in [0.1, 0.15) is 11.6 Å². The highest BCUT2D eigenvalue weighted by Gasteiger charge is 2.03. The number of aryl methyl sites for hydroxylation is 1. The molecule has 100 valence electrons. The number of rotatable bonds is 7. The van der Waals surface area contributed by atoms with Gasteiger partial charge in [0.2, 0.25) is 0 Å². The van der Waals surface area contributed by atoms with Gasteiger partial charge in [-0.2, -0.15) is 0 Å². The zero-order chi connectivity index (χ0) is 13.5. The summed E-state index contributed by atoms with van der Waals surface area (Å²) in [5.74, 6) is 0. The molecule has 0 unspecified atom stereocenters. The van der Waals surface area contributed by atoms with Crippen molar-refractivity contribution in [3.8, 4) is 0 Å². The van der Waals surface area contributed by atoms with Gasteiger partial charge in [-0.15, -0.1) is 0 Å². The Kier molecular flexibility index (Phi) is 5.94. The summed E-state index contributed by atoms with van der Waals surface area (Å²) >= 11 is 4.91. The maximum Gasteiger partial charge on any atom is 0.261 e. The molecule has 0 spiro atoms. The molecule has 0 amide bonds. The predicted octanol–water partition coefficient (Wildman–Crippen LogP) is 2.32. The third-order valence-corrected chi connectivity index (χ3v) is 2.53. The summed E-state index contributed by atoms with van der Waals surface area (Å²) in [6.45, 7) is 2.09. The first-order valence-corrected chi connectivity index (χ1v) is 5.91. The molecule has 1 aromatic rings. The molecule has 0 aliphatic heterocycles. The first-order valence-electron chi connectivity index (χ1n) is 5.51. The monoisotopic (exact) mass is 274 g/mol. The van der Waals surface area contributed by atoms with Gasteiger partial charge in [-0.3, -0.25) is 0 Å². The van der Waals surface area contributed by atoms with Crippen molar-refractivity contribution < 1.29 is 13.5 Å². The smallest absolute Gasteiger partial charge is 0.261 e. The van der Waals surface area contributed by atoms with Gasteiger partial charge in [0, 0.05) is 17.8 Å². The Hall–Kier alpha value is -1.27. The molecule has 0 bridgehead atoms. The highest BCUT2D eigenvalue weighted by atomic mass is 32.1. The number of alkyl halides is 2. The lowest BCUT2D eigenvalue weighted by molar-refractivity contribution is 0.0215. The standard InChI is InChI=1S/C12H16F2N2OS/c1-8-6-9(2-3-10(8)12(15)18)16-4-5-17-7-11(13)14/h2-3,6,11,16H,4-5,7H2,1H3,(H2,15,18). The molecular formula is C12H16F2N2OS. The summed E-state index contributed by atoms with van der Waals surface area (Å²) in [7, 11) is 0. The minimum absolute atomic E-state index is 0.237. The van der Waals surface area contributed by atoms with Crippen molar-refractivity contribution in [2.24, 2.45) is 5.73 Å². The normalized spacial score (nSPS) is 10.7. The highest BCUT2D eigenvalue weighted by Crippen LogP contribution is 2.14. The molecule has 0 radical (unpaired) electrons. The minimum Gasteiger partial charge on any atom is -0.389 e. The van der Waals surface area contributed by atoms with Crippen molar-refractivity contribution in [2.45, 2.75) is 13.3 Å². The Labute approximate surface area is 110 Å². The van der Waals surface area contributed by atoms with Crippen LogP contribution in [-0.2, 0) is 4.74 Å². The van der Waals surface area contributed by atoms with Crippen LogP contribution in [0.4, 0.5) is 14.5 Å². The van der Waals surface area contributed by atoms with Crippen LogP contribution in [0.2, 0.25) is 0 Å². The average Bonchev–Trinajstić information content (AvgIpc) is 2.27. The van der Waals surface area contributed by atoms with Crippen LogP contribution in [0.15, 0.2) is 18.2 Å². The van der Waals surface area contributed by atoms with Gasteiger partial charge in [0.05, 0.1) is 6.61 Å². The van der Waals surface area contributed by atoms with E-state index in [0.29, 0.717) is 11.5 Å². The molecule has 18 heavy (non-hydrogen) atoms. The molecule has 3 N–H and O–H groups in total. The zero-order valence-corrected chi connectivity index (χ0v) is 10.9. The van der Waals surface area contributed by atoms with E-state index in [9.17, 15) is 8.78 Å². The fraction of sp³-hybridized carbons (Fsp3) is 0.417. The summed E-state index contributed by atoms with van der Waals surface area (Å²) in [6, 6.07) is 5.58. The molecule has 1 aromatic carbocycles. The van der Waals surface area contributed by atoms with E-state index >= 15 is 0 Å². The van der Waals surface area contributed by atoms with Crippen LogP contribution in [0.5, 0.6) is 0 Å². The molecule has 0 aromatic heterocycles. The average molecular weight is 274 g/mol. The summed E-state index contributed by atoms with van der Waals surface area (Å²) in [4.78, 5) is 0.360. The number of hydrogen-bond acceptors (Lipinski definition) is 3. The van der Waals surface area contributed by atoms with Gasteiger partial charge in [-0.25, -0.2) is 8.78 Å². The molecule has 6 heteroatoms. The Morgan fingerprint density at radius 2 is 2.22 bits per heavy atom. The summed E-state index contributed by atoms with van der Waals surface area (Å²) in [5, 5.41) is 3.07. The van der Waals surface area contributed by atoms with Crippen molar-refractivity contribution in [3.05, 3.63) is 29.3 Å². The summed E-state index contributed by atoms with van der Waals surface area (Å²) < 4.78 is 28.3. The SMILES string of the molecule is Cc1cc(NCCOCC(F)F)ccc1C(N)=S. The Bertz CT molecular complexity index is 413. The van der Waals surface area contributed by atoms with Gasteiger partial charge in [-0.1, -0.05) is 12.2 Å². The van der Waals surface area contributed by atoms with E-state index in [1.165, 1.54) is 0 Å². The summed E-state index contributed by atoms with van der Waals surface area (Å²) in [5.41, 5.74) is 8.25. The van der Waals surface area contributed by atoms with E-state index in [4.69, 9.17) is 22.7 Å². The maximum absolute atomic E-state index is 11.8. The third-order valence-electron chi connectivity index (χ3n) is 2.31. The van der Waals surface area contributed by atoms with Crippen LogP contribution in [0.25, 0.3) is 0 Å². The number of ether oxygens (including phenoxy) is 1. The van der Waals surface area contributed by atoms with Gasteiger partial charge in [0.25, 0.3) is 6.43 Å². The van der Waals surface area contributed by atoms with Gasteiger partial charge in [0.15, 0.2) is 0 Å². The lowest BCUT2D eigenvalue weighted by atomic mass is 10.1. The van der Waals surface area contributed by atoms with E-state index in [0.717, 1.165) is 16.8 Å². The molecule has 0 aliphatic rings. The van der Waals surface area contributed by atoms with Gasteiger partial charge in [-0.05, 0) is 30.7 Å². The van der Waals surface area contributed by atoms with Crippen molar-refractivity contribution in [2.75, 3.05) is 25.1 Å². The molecule has 0 saturated heterocycles. The number of hydrogen-bond donors (Lipinski definition) is 2. The maximum atomic E-state index is 11.8. The van der Waals surface area contributed by atoms with Gasteiger partial charge < -0.3 is 15.8 Å². The number of nitrogens with two attached hydrogens (primary N) is 1. The van der Waals surface area contributed by atoms with Crippen molar-refractivity contribution in [1.82, 2.24) is 0 Å². The molecule has 1 rings (SSSR count). The fourth-order valence-electron chi connectivity index (χ4n) is 1.49. The van der Waals surface area contributed by atoms with E-state index < -0.39 is 13.0 Å². The Morgan fingerprint density at radius 3 is 2.78 bits per heavy atom. The largest absolute Gasteiger partial charge is 0.389 e. The lowest BCUT2D eigenvalue weighted by Gasteiger charge is -2.10. The van der Waals surface area contributed by atoms with Crippen LogP contribution >= 0.6 is 12.2 Å². The van der Waals surface area contributed by atoms with Crippen LogP contribution in [0.3, 0.4) is 0 Å². The fourth-order valence-corrected chi connectivity index (χ4v) is 1.72. The van der Waals surface area contributed by atoms with Crippen LogP contribution in [0.1, 0.15) is 11.1 Å². The number of nitrogens with one attached hydrogen (secondary N) is 1. The molecule has 0 fully saturated rings.